The van der Waals surface area contributed by atoms with Crippen molar-refractivity contribution >= 4 is 11.6 Å². The maximum absolute atomic E-state index is 11.8. The number of aromatic hydroxyl groups is 1. The maximum atomic E-state index is 11.8. The van der Waals surface area contributed by atoms with Gasteiger partial charge in [-0.2, -0.15) is 0 Å². The van der Waals surface area contributed by atoms with E-state index in [1.165, 1.54) is 12.3 Å². The molecule has 2 aromatic heterocycles. The third-order valence-electron chi connectivity index (χ3n) is 5.73. The van der Waals surface area contributed by atoms with Crippen LogP contribution in [0.3, 0.4) is 0 Å². The molecule has 5 rings (SSSR count). The molecule has 0 bridgehead atoms. The summed E-state index contributed by atoms with van der Waals surface area (Å²) in [5, 5.41) is 10.3. The average Bonchev–Trinajstić information content (AvgIpc) is 3.24. The smallest absolute Gasteiger partial charge is 0.223 e. The number of aromatic nitrogens is 3. The van der Waals surface area contributed by atoms with Gasteiger partial charge in [-0.15, -0.1) is 0 Å². The molecule has 3 aromatic rings. The highest BCUT2D eigenvalue weighted by Gasteiger charge is 2.27. The van der Waals surface area contributed by atoms with Gasteiger partial charge in [-0.1, -0.05) is 11.6 Å². The lowest BCUT2D eigenvalue weighted by Crippen LogP contribution is -2.34. The number of nitrogens with one attached hydrogen (secondary N) is 1. The Bertz CT molecular complexity index is 1110. The summed E-state index contributed by atoms with van der Waals surface area (Å²) in [6, 6.07) is 5.55. The highest BCUT2D eigenvalue weighted by Crippen LogP contribution is 2.40. The number of ether oxygens (including phenoxy) is 1. The quantitative estimate of drug-likeness (QED) is 0.691. The minimum atomic E-state index is -0.345. The second-order valence-corrected chi connectivity index (χ2v) is 7.99. The number of halogens is 1. The van der Waals surface area contributed by atoms with Gasteiger partial charge in [-0.25, -0.2) is 4.98 Å². The first-order valence-corrected chi connectivity index (χ1v) is 10.0. The van der Waals surface area contributed by atoms with Gasteiger partial charge in [0.25, 0.3) is 0 Å². The molecule has 8 heteroatoms. The van der Waals surface area contributed by atoms with Gasteiger partial charge in [0.15, 0.2) is 5.75 Å². The third-order valence-corrected chi connectivity index (χ3v) is 6.08. The highest BCUT2D eigenvalue weighted by molar-refractivity contribution is 6.31. The first-order valence-electron chi connectivity index (χ1n) is 9.67. The number of aromatic amines is 1. The van der Waals surface area contributed by atoms with Crippen LogP contribution in [0.2, 0.25) is 5.02 Å². The second kappa shape index (κ2) is 7.24. The number of rotatable bonds is 3. The second-order valence-electron chi connectivity index (χ2n) is 7.58. The first kappa shape index (κ1) is 18.3. The molecule has 2 N–H and O–H groups in total. The zero-order valence-corrected chi connectivity index (χ0v) is 16.5. The van der Waals surface area contributed by atoms with E-state index in [-0.39, 0.29) is 17.1 Å². The van der Waals surface area contributed by atoms with E-state index in [9.17, 15) is 9.90 Å². The van der Waals surface area contributed by atoms with Gasteiger partial charge >= 0.3 is 0 Å². The Morgan fingerprint density at radius 2 is 2.21 bits per heavy atom. The van der Waals surface area contributed by atoms with Gasteiger partial charge in [0.1, 0.15) is 5.75 Å². The summed E-state index contributed by atoms with van der Waals surface area (Å²) in [6.45, 7) is 3.45. The van der Waals surface area contributed by atoms with Crippen molar-refractivity contribution in [3.63, 3.8) is 0 Å². The first-order chi connectivity index (χ1) is 14.1. The van der Waals surface area contributed by atoms with Crippen LogP contribution in [0.1, 0.15) is 34.9 Å². The van der Waals surface area contributed by atoms with Crippen molar-refractivity contribution in [1.82, 2.24) is 19.4 Å². The minimum absolute atomic E-state index is 0.179. The Balaban J connectivity index is 1.40. The predicted molar refractivity (Wildman–Crippen MR) is 108 cm³/mol. The number of nitrogens with zero attached hydrogens (tertiary/aromatic N) is 3. The zero-order valence-electron chi connectivity index (χ0n) is 15.8. The number of fused-ring (bicyclic) bond motifs is 2. The molecule has 0 saturated heterocycles. The third kappa shape index (κ3) is 3.41. The normalized spacial score (nSPS) is 18.7. The number of pyridine rings is 1. The molecule has 0 spiro atoms. The molecule has 1 aromatic carbocycles. The van der Waals surface area contributed by atoms with E-state index in [2.05, 4.69) is 14.9 Å². The summed E-state index contributed by atoms with van der Waals surface area (Å²) in [7, 11) is 0. The van der Waals surface area contributed by atoms with Gasteiger partial charge < -0.3 is 19.4 Å². The Morgan fingerprint density at radius 3 is 3.03 bits per heavy atom. The van der Waals surface area contributed by atoms with E-state index in [1.807, 2.05) is 22.9 Å². The van der Waals surface area contributed by atoms with Gasteiger partial charge in [0.2, 0.25) is 5.43 Å². The van der Waals surface area contributed by atoms with Crippen LogP contribution in [0.4, 0.5) is 0 Å². The largest absolute Gasteiger partial charge is 0.503 e. The van der Waals surface area contributed by atoms with Crippen molar-refractivity contribution in [3.8, 4) is 11.5 Å². The van der Waals surface area contributed by atoms with Crippen LogP contribution in [0.25, 0.3) is 0 Å². The number of hydrogen-bond acceptors (Lipinski definition) is 5. The number of hydrogen-bond donors (Lipinski definition) is 2. The van der Waals surface area contributed by atoms with Crippen molar-refractivity contribution in [2.24, 2.45) is 0 Å². The van der Waals surface area contributed by atoms with Gasteiger partial charge in [-0.05, 0) is 24.1 Å². The molecule has 29 heavy (non-hydrogen) atoms. The Labute approximate surface area is 172 Å². The monoisotopic (exact) mass is 412 g/mol. The predicted octanol–water partition coefficient (Wildman–Crippen LogP) is 2.86. The van der Waals surface area contributed by atoms with E-state index in [0.717, 1.165) is 41.2 Å². The fraction of sp³-hybridized carbons (Fsp3) is 0.333. The number of H-pyrrole nitrogens is 1. The van der Waals surface area contributed by atoms with Crippen molar-refractivity contribution in [2.45, 2.75) is 32.0 Å². The molecule has 2 aliphatic heterocycles. The lowest BCUT2D eigenvalue weighted by Gasteiger charge is -2.31. The molecule has 0 amide bonds. The molecule has 1 unspecified atom stereocenters. The molecule has 150 valence electrons. The molecule has 0 fully saturated rings. The zero-order chi connectivity index (χ0) is 20.0. The van der Waals surface area contributed by atoms with Crippen LogP contribution in [0.5, 0.6) is 11.5 Å². The number of benzene rings is 1. The minimum Gasteiger partial charge on any atom is -0.503 e. The molecule has 7 nitrogen and oxygen atoms in total. The average molecular weight is 413 g/mol. The highest BCUT2D eigenvalue weighted by atomic mass is 35.5. The maximum Gasteiger partial charge on any atom is 0.223 e. The fourth-order valence-electron chi connectivity index (χ4n) is 4.22. The van der Waals surface area contributed by atoms with E-state index in [0.29, 0.717) is 31.3 Å². The van der Waals surface area contributed by atoms with Crippen LogP contribution in [0.15, 0.2) is 41.7 Å². The van der Waals surface area contributed by atoms with Crippen LogP contribution >= 0.6 is 11.6 Å². The van der Waals surface area contributed by atoms with Crippen molar-refractivity contribution in [2.75, 3.05) is 13.2 Å². The van der Waals surface area contributed by atoms with E-state index in [1.54, 1.807) is 6.33 Å². The molecule has 0 saturated carbocycles. The summed E-state index contributed by atoms with van der Waals surface area (Å²) in [6.07, 6.45) is 6.01. The van der Waals surface area contributed by atoms with Crippen LogP contribution in [-0.2, 0) is 19.6 Å². The molecular weight excluding hydrogens is 392 g/mol. The Kier molecular flexibility index (Phi) is 4.56. The Hall–Kier alpha value is -2.77. The molecule has 0 radical (unpaired) electrons. The summed E-state index contributed by atoms with van der Waals surface area (Å²) >= 11 is 6.65. The lowest BCUT2D eigenvalue weighted by molar-refractivity contribution is 0.209. The van der Waals surface area contributed by atoms with Gasteiger partial charge in [0, 0.05) is 60.6 Å². The summed E-state index contributed by atoms with van der Waals surface area (Å²) in [4.78, 5) is 21.4. The van der Waals surface area contributed by atoms with E-state index < -0.39 is 0 Å². The fourth-order valence-corrected chi connectivity index (χ4v) is 4.45. The van der Waals surface area contributed by atoms with E-state index >= 15 is 0 Å². The van der Waals surface area contributed by atoms with Gasteiger partial charge in [0.05, 0.1) is 24.8 Å². The van der Waals surface area contributed by atoms with Gasteiger partial charge in [-0.3, -0.25) is 9.69 Å². The van der Waals surface area contributed by atoms with Crippen LogP contribution in [0, 0.1) is 0 Å². The molecular formula is C21H21ClN4O3. The molecule has 0 aliphatic carbocycles. The Morgan fingerprint density at radius 1 is 1.31 bits per heavy atom. The molecule has 2 aliphatic rings. The van der Waals surface area contributed by atoms with E-state index in [4.69, 9.17) is 16.3 Å². The topological polar surface area (TPSA) is 83.4 Å². The molecule has 4 heterocycles. The molecule has 1 atom stereocenters. The SMILES string of the molecule is O=c1cc2n(cc1O)CCN(Cc1cc3c(cc1Cl)C(c1c[nH]cn1)CCO3)C2. The van der Waals surface area contributed by atoms with Crippen molar-refractivity contribution in [3.05, 3.63) is 74.7 Å². The van der Waals surface area contributed by atoms with Crippen LogP contribution in [-0.4, -0.2) is 37.7 Å². The summed E-state index contributed by atoms with van der Waals surface area (Å²) in [5.74, 6) is 0.837. The van der Waals surface area contributed by atoms with Crippen LogP contribution < -0.4 is 10.2 Å². The standard InChI is InChI=1S/C21H21ClN4O3/c22-17-7-16-15(18-8-23-12-24-18)1-4-29-21(16)5-13(17)9-25-2-3-26-11-20(28)19(27)6-14(26)10-25/h5-8,11-12,15,28H,1-4,9-10H2,(H,23,24). The lowest BCUT2D eigenvalue weighted by atomic mass is 9.89. The van der Waals surface area contributed by atoms with Crippen molar-refractivity contribution < 1.29 is 9.84 Å². The number of imidazole rings is 1. The summed E-state index contributed by atoms with van der Waals surface area (Å²) in [5.41, 5.74) is 3.62. The van der Waals surface area contributed by atoms with Crippen molar-refractivity contribution in [1.29, 1.82) is 0 Å². The summed E-state index contributed by atoms with van der Waals surface area (Å²) < 4.78 is 7.86.